The monoisotopic (exact) mass is 338 g/mol. The molecule has 1 aromatic heterocycles. The first-order chi connectivity index (χ1) is 11.5. The van der Waals surface area contributed by atoms with Gasteiger partial charge in [0.2, 0.25) is 0 Å². The molecule has 1 N–H and O–H groups in total. The molecule has 0 atom stereocenters. The number of ether oxygens (including phenoxy) is 1. The van der Waals surface area contributed by atoms with Crippen LogP contribution in [0.1, 0.15) is 29.1 Å². The molecule has 0 spiro atoms. The van der Waals surface area contributed by atoms with E-state index in [-0.39, 0.29) is 30.1 Å². The minimum absolute atomic E-state index is 0.0654. The number of benzene rings is 1. The molecule has 3 rings (SSSR count). The number of piperidine rings is 1. The zero-order valence-corrected chi connectivity index (χ0v) is 12.7. The summed E-state index contributed by atoms with van der Waals surface area (Å²) >= 11 is 0. The fraction of sp³-hybridized carbons (Fsp3) is 0.375. The third-order valence-corrected chi connectivity index (χ3v) is 3.80. The first-order valence-electron chi connectivity index (χ1n) is 7.53. The number of rotatable bonds is 4. The lowest BCUT2D eigenvalue weighted by atomic mass is 10.1. The lowest BCUT2D eigenvalue weighted by Gasteiger charge is -2.28. The van der Waals surface area contributed by atoms with Gasteiger partial charge in [-0.3, -0.25) is 4.79 Å². The third-order valence-electron chi connectivity index (χ3n) is 3.80. The first-order valence-corrected chi connectivity index (χ1v) is 7.53. The van der Waals surface area contributed by atoms with Gasteiger partial charge in [-0.15, -0.1) is 0 Å². The quantitative estimate of drug-likeness (QED) is 0.924. The SMILES string of the molecule is O=C(c1cc(COc2ccc(F)c(F)c2)on1)N1CCC(O)CC1. The van der Waals surface area contributed by atoms with Gasteiger partial charge in [-0.05, 0) is 25.0 Å². The van der Waals surface area contributed by atoms with Gasteiger partial charge in [0.05, 0.1) is 6.10 Å². The van der Waals surface area contributed by atoms with Gasteiger partial charge in [0, 0.05) is 25.2 Å². The molecule has 128 valence electrons. The molecule has 0 saturated carbocycles. The van der Waals surface area contributed by atoms with E-state index in [0.717, 1.165) is 12.1 Å². The summed E-state index contributed by atoms with van der Waals surface area (Å²) in [4.78, 5) is 13.9. The standard InChI is InChI=1S/C16H16F2N2O4/c17-13-2-1-11(7-14(13)18)23-9-12-8-15(19-24-12)16(22)20-5-3-10(21)4-6-20/h1-2,7-8,10,21H,3-6,9H2. The van der Waals surface area contributed by atoms with Gasteiger partial charge < -0.3 is 19.3 Å². The Balaban J connectivity index is 1.58. The second-order valence-electron chi connectivity index (χ2n) is 5.57. The lowest BCUT2D eigenvalue weighted by Crippen LogP contribution is -2.40. The highest BCUT2D eigenvalue weighted by Crippen LogP contribution is 2.18. The van der Waals surface area contributed by atoms with Gasteiger partial charge in [0.25, 0.3) is 5.91 Å². The molecule has 1 aliphatic rings. The van der Waals surface area contributed by atoms with Crippen molar-refractivity contribution >= 4 is 5.91 Å². The summed E-state index contributed by atoms with van der Waals surface area (Å²) in [6, 6.07) is 4.63. The number of nitrogens with zero attached hydrogens (tertiary/aromatic N) is 2. The van der Waals surface area contributed by atoms with Gasteiger partial charge in [-0.2, -0.15) is 0 Å². The van der Waals surface area contributed by atoms with E-state index in [2.05, 4.69) is 5.16 Å². The van der Waals surface area contributed by atoms with E-state index in [0.29, 0.717) is 31.7 Å². The number of aromatic nitrogens is 1. The summed E-state index contributed by atoms with van der Waals surface area (Å²) in [7, 11) is 0. The van der Waals surface area contributed by atoms with Crippen molar-refractivity contribution in [1.29, 1.82) is 0 Å². The van der Waals surface area contributed by atoms with Gasteiger partial charge >= 0.3 is 0 Å². The molecular formula is C16H16F2N2O4. The number of aliphatic hydroxyl groups excluding tert-OH is 1. The molecule has 1 aliphatic heterocycles. The van der Waals surface area contributed by atoms with Crippen LogP contribution in [0.4, 0.5) is 8.78 Å². The minimum Gasteiger partial charge on any atom is -0.485 e. The van der Waals surface area contributed by atoms with E-state index in [1.54, 1.807) is 4.90 Å². The maximum atomic E-state index is 13.1. The lowest BCUT2D eigenvalue weighted by molar-refractivity contribution is 0.0538. The van der Waals surface area contributed by atoms with E-state index in [4.69, 9.17) is 9.26 Å². The normalized spacial score (nSPS) is 15.5. The maximum absolute atomic E-state index is 13.1. The number of carbonyl (C=O) groups excluding carboxylic acids is 1. The fourth-order valence-corrected chi connectivity index (χ4v) is 2.43. The Labute approximate surface area is 136 Å². The van der Waals surface area contributed by atoms with E-state index in [9.17, 15) is 18.7 Å². The summed E-state index contributed by atoms with van der Waals surface area (Å²) in [6.07, 6.45) is 0.706. The van der Waals surface area contributed by atoms with Gasteiger partial charge in [0.1, 0.15) is 12.4 Å². The van der Waals surface area contributed by atoms with Crippen LogP contribution >= 0.6 is 0 Å². The Bertz CT molecular complexity index is 727. The average Bonchev–Trinajstić information content (AvgIpc) is 3.05. The van der Waals surface area contributed by atoms with Crippen LogP contribution in [0.3, 0.4) is 0 Å². The van der Waals surface area contributed by atoms with E-state index in [1.165, 1.54) is 12.1 Å². The highest BCUT2D eigenvalue weighted by molar-refractivity contribution is 5.92. The number of likely N-dealkylation sites (tertiary alicyclic amines) is 1. The molecule has 2 aromatic rings. The van der Waals surface area contributed by atoms with Gasteiger partial charge in [-0.1, -0.05) is 5.16 Å². The molecule has 0 bridgehead atoms. The summed E-state index contributed by atoms with van der Waals surface area (Å²) in [5.41, 5.74) is 0.148. The van der Waals surface area contributed by atoms with Crippen LogP contribution < -0.4 is 4.74 Å². The van der Waals surface area contributed by atoms with Crippen LogP contribution in [-0.2, 0) is 6.61 Å². The second kappa shape index (κ2) is 6.96. The van der Waals surface area contributed by atoms with Crippen molar-refractivity contribution in [3.63, 3.8) is 0 Å². The van der Waals surface area contributed by atoms with Crippen molar-refractivity contribution in [2.75, 3.05) is 13.1 Å². The van der Waals surface area contributed by atoms with Crippen molar-refractivity contribution in [3.8, 4) is 5.75 Å². The number of halogens is 2. The summed E-state index contributed by atoms with van der Waals surface area (Å²) in [6.45, 7) is 0.866. The Kier molecular flexibility index (Phi) is 4.75. The number of aliphatic hydroxyl groups is 1. The highest BCUT2D eigenvalue weighted by atomic mass is 19.2. The third kappa shape index (κ3) is 3.70. The topological polar surface area (TPSA) is 75.8 Å². The van der Waals surface area contributed by atoms with Gasteiger partial charge in [0.15, 0.2) is 23.1 Å². The summed E-state index contributed by atoms with van der Waals surface area (Å²) in [5.74, 6) is -1.80. The molecule has 0 aliphatic carbocycles. The highest BCUT2D eigenvalue weighted by Gasteiger charge is 2.24. The molecule has 1 saturated heterocycles. The first kappa shape index (κ1) is 16.4. The second-order valence-corrected chi connectivity index (χ2v) is 5.57. The Morgan fingerprint density at radius 2 is 2.04 bits per heavy atom. The van der Waals surface area contributed by atoms with E-state index >= 15 is 0 Å². The Morgan fingerprint density at radius 3 is 2.75 bits per heavy atom. The van der Waals surface area contributed by atoms with Crippen molar-refractivity contribution in [2.45, 2.75) is 25.6 Å². The molecule has 0 unspecified atom stereocenters. The molecular weight excluding hydrogens is 322 g/mol. The molecule has 24 heavy (non-hydrogen) atoms. The summed E-state index contributed by atoms with van der Waals surface area (Å²) < 4.78 is 36.2. The largest absolute Gasteiger partial charge is 0.485 e. The van der Waals surface area contributed by atoms with Crippen LogP contribution in [-0.4, -0.2) is 40.3 Å². The molecule has 8 heteroatoms. The predicted octanol–water partition coefficient (Wildman–Crippen LogP) is 2.13. The van der Waals surface area contributed by atoms with Crippen LogP contribution in [0.15, 0.2) is 28.8 Å². The molecule has 1 amide bonds. The van der Waals surface area contributed by atoms with E-state index < -0.39 is 11.6 Å². The molecule has 6 nitrogen and oxygen atoms in total. The molecule has 1 fully saturated rings. The predicted molar refractivity (Wildman–Crippen MR) is 78.3 cm³/mol. The molecule has 0 radical (unpaired) electrons. The number of hydrogen-bond donors (Lipinski definition) is 1. The van der Waals surface area contributed by atoms with Crippen LogP contribution in [0.5, 0.6) is 5.75 Å². The zero-order valence-electron chi connectivity index (χ0n) is 12.7. The average molecular weight is 338 g/mol. The van der Waals surface area contributed by atoms with Crippen LogP contribution in [0, 0.1) is 11.6 Å². The van der Waals surface area contributed by atoms with Crippen molar-refractivity contribution in [2.24, 2.45) is 0 Å². The smallest absolute Gasteiger partial charge is 0.276 e. The van der Waals surface area contributed by atoms with Crippen LogP contribution in [0.2, 0.25) is 0 Å². The maximum Gasteiger partial charge on any atom is 0.276 e. The zero-order chi connectivity index (χ0) is 17.1. The fourth-order valence-electron chi connectivity index (χ4n) is 2.43. The molecule has 2 heterocycles. The Hall–Kier alpha value is -2.48. The van der Waals surface area contributed by atoms with E-state index in [1.807, 2.05) is 0 Å². The van der Waals surface area contributed by atoms with Crippen LogP contribution in [0.25, 0.3) is 0 Å². The summed E-state index contributed by atoms with van der Waals surface area (Å²) in [5, 5.41) is 13.2. The van der Waals surface area contributed by atoms with Crippen molar-refractivity contribution in [3.05, 3.63) is 47.4 Å². The number of hydrogen-bond acceptors (Lipinski definition) is 5. The number of carbonyl (C=O) groups is 1. The number of amides is 1. The molecule has 1 aromatic carbocycles. The van der Waals surface area contributed by atoms with Gasteiger partial charge in [-0.25, -0.2) is 8.78 Å². The Morgan fingerprint density at radius 1 is 1.29 bits per heavy atom. The van der Waals surface area contributed by atoms with Crippen molar-refractivity contribution < 1.29 is 27.9 Å². The minimum atomic E-state index is -1.01. The van der Waals surface area contributed by atoms with Crippen molar-refractivity contribution in [1.82, 2.24) is 10.1 Å².